The number of amides is 1. The second kappa shape index (κ2) is 6.27. The van der Waals surface area contributed by atoms with E-state index in [0.717, 1.165) is 5.56 Å². The molecule has 1 aliphatic heterocycles. The topological polar surface area (TPSA) is 98.7 Å². The number of hydrogen-bond acceptors (Lipinski definition) is 5. The molecular weight excluding hydrogens is 352 g/mol. The smallest absolute Gasteiger partial charge is 0.248 e. The van der Waals surface area contributed by atoms with Gasteiger partial charge < -0.3 is 11.1 Å². The van der Waals surface area contributed by atoms with Crippen LogP contribution in [0.4, 0.5) is 5.95 Å². The van der Waals surface area contributed by atoms with E-state index < -0.39 is 11.9 Å². The fourth-order valence-corrected chi connectivity index (χ4v) is 3.30. The Morgan fingerprint density at radius 3 is 2.65 bits per heavy atom. The van der Waals surface area contributed by atoms with Crippen LogP contribution in [0.2, 0.25) is 5.02 Å². The second-order valence-electron chi connectivity index (χ2n) is 5.89. The number of allylic oxidation sites excluding steroid dienone is 1. The Labute approximate surface area is 154 Å². The molecule has 3 N–H and O–H groups in total. The molecule has 0 bridgehead atoms. The number of nitrogens with one attached hydrogen (secondary N) is 1. The third-order valence-corrected chi connectivity index (χ3v) is 4.58. The summed E-state index contributed by atoms with van der Waals surface area (Å²) >= 11 is 6.28. The Balaban J connectivity index is 1.90. The van der Waals surface area contributed by atoms with Gasteiger partial charge in [-0.15, -0.1) is 5.10 Å². The summed E-state index contributed by atoms with van der Waals surface area (Å²) in [4.78, 5) is 20.7. The van der Waals surface area contributed by atoms with Gasteiger partial charge in [0.15, 0.2) is 5.82 Å². The summed E-state index contributed by atoms with van der Waals surface area (Å²) in [6.07, 6.45) is 3.33. The number of pyridine rings is 1. The third kappa shape index (κ3) is 2.62. The molecule has 0 spiro atoms. The minimum absolute atomic E-state index is 0.430. The number of fused-ring (bicyclic) bond motifs is 1. The highest BCUT2D eigenvalue weighted by molar-refractivity contribution is 6.33. The van der Waals surface area contributed by atoms with Gasteiger partial charge in [-0.3, -0.25) is 9.78 Å². The lowest BCUT2D eigenvalue weighted by molar-refractivity contribution is -0.115. The van der Waals surface area contributed by atoms with Gasteiger partial charge in [-0.05, 0) is 36.8 Å². The first-order chi connectivity index (χ1) is 12.6. The first kappa shape index (κ1) is 16.3. The van der Waals surface area contributed by atoms with Crippen molar-refractivity contribution in [3.8, 4) is 11.4 Å². The van der Waals surface area contributed by atoms with Crippen molar-refractivity contribution >= 4 is 23.5 Å². The van der Waals surface area contributed by atoms with Crippen molar-refractivity contribution in [2.45, 2.75) is 13.0 Å². The molecule has 26 heavy (non-hydrogen) atoms. The van der Waals surface area contributed by atoms with Gasteiger partial charge in [0.25, 0.3) is 0 Å². The summed E-state index contributed by atoms with van der Waals surface area (Å²) in [7, 11) is 0. The van der Waals surface area contributed by atoms with Crippen LogP contribution in [0.5, 0.6) is 0 Å². The zero-order chi connectivity index (χ0) is 18.3. The van der Waals surface area contributed by atoms with Crippen molar-refractivity contribution < 1.29 is 4.79 Å². The average molecular weight is 367 g/mol. The lowest BCUT2D eigenvalue weighted by Gasteiger charge is -2.27. The zero-order valence-electron chi connectivity index (χ0n) is 13.8. The molecule has 7 nitrogen and oxygen atoms in total. The first-order valence-corrected chi connectivity index (χ1v) is 8.33. The molecule has 2 aromatic heterocycles. The van der Waals surface area contributed by atoms with Crippen LogP contribution in [0.3, 0.4) is 0 Å². The maximum absolute atomic E-state index is 12.1. The summed E-state index contributed by atoms with van der Waals surface area (Å²) in [6, 6.07) is 10.5. The molecule has 3 aromatic rings. The average Bonchev–Trinajstić information content (AvgIpc) is 3.04. The van der Waals surface area contributed by atoms with E-state index in [4.69, 9.17) is 17.3 Å². The highest BCUT2D eigenvalue weighted by Gasteiger charge is 2.33. The van der Waals surface area contributed by atoms with Gasteiger partial charge >= 0.3 is 0 Å². The maximum Gasteiger partial charge on any atom is 0.248 e. The van der Waals surface area contributed by atoms with Crippen LogP contribution < -0.4 is 11.1 Å². The van der Waals surface area contributed by atoms with E-state index >= 15 is 0 Å². The Bertz CT molecular complexity index is 1030. The Hall–Kier alpha value is -3.19. The van der Waals surface area contributed by atoms with Gasteiger partial charge in [0.1, 0.15) is 6.04 Å². The molecule has 0 aliphatic carbocycles. The summed E-state index contributed by atoms with van der Waals surface area (Å²) in [5.41, 5.74) is 8.27. The number of anilines is 1. The summed E-state index contributed by atoms with van der Waals surface area (Å²) in [5, 5.41) is 8.26. The van der Waals surface area contributed by atoms with Crippen molar-refractivity contribution in [1.29, 1.82) is 0 Å². The highest BCUT2D eigenvalue weighted by Crippen LogP contribution is 2.36. The van der Waals surface area contributed by atoms with Crippen LogP contribution >= 0.6 is 11.6 Å². The maximum atomic E-state index is 12.1. The van der Waals surface area contributed by atoms with Crippen LogP contribution in [-0.4, -0.2) is 25.7 Å². The largest absolute Gasteiger partial charge is 0.366 e. The fourth-order valence-electron chi connectivity index (χ4n) is 3.08. The summed E-state index contributed by atoms with van der Waals surface area (Å²) in [5.74, 6) is 0.470. The first-order valence-electron chi connectivity index (χ1n) is 7.95. The monoisotopic (exact) mass is 366 g/mol. The van der Waals surface area contributed by atoms with Gasteiger partial charge in [-0.2, -0.15) is 4.98 Å². The lowest BCUT2D eigenvalue weighted by Crippen LogP contribution is -2.31. The van der Waals surface area contributed by atoms with E-state index in [0.29, 0.717) is 33.6 Å². The Kier molecular flexibility index (Phi) is 3.93. The van der Waals surface area contributed by atoms with Gasteiger partial charge in [-0.25, -0.2) is 4.68 Å². The number of halogens is 1. The molecule has 4 rings (SSSR count). The number of aromatic nitrogens is 4. The number of primary amides is 1. The summed E-state index contributed by atoms with van der Waals surface area (Å²) in [6.45, 7) is 1.79. The van der Waals surface area contributed by atoms with E-state index in [1.54, 1.807) is 30.1 Å². The number of hydrogen-bond donors (Lipinski definition) is 2. The molecule has 3 heterocycles. The van der Waals surface area contributed by atoms with Gasteiger partial charge in [0, 0.05) is 23.7 Å². The zero-order valence-corrected chi connectivity index (χ0v) is 14.6. The van der Waals surface area contributed by atoms with Gasteiger partial charge in [0.2, 0.25) is 11.9 Å². The van der Waals surface area contributed by atoms with Crippen molar-refractivity contribution in [2.24, 2.45) is 5.73 Å². The van der Waals surface area contributed by atoms with Crippen LogP contribution in [-0.2, 0) is 4.79 Å². The molecule has 0 radical (unpaired) electrons. The minimum Gasteiger partial charge on any atom is -0.366 e. The molecule has 130 valence electrons. The van der Waals surface area contributed by atoms with E-state index in [9.17, 15) is 4.79 Å². The second-order valence-corrected chi connectivity index (χ2v) is 6.30. The molecule has 0 fully saturated rings. The number of nitrogens with two attached hydrogens (primary N) is 1. The van der Waals surface area contributed by atoms with E-state index in [2.05, 4.69) is 20.4 Å². The third-order valence-electron chi connectivity index (χ3n) is 4.25. The summed E-state index contributed by atoms with van der Waals surface area (Å²) < 4.78 is 1.65. The lowest BCUT2D eigenvalue weighted by atomic mass is 9.96. The number of rotatable bonds is 3. The predicted molar refractivity (Wildman–Crippen MR) is 98.4 cm³/mol. The molecule has 1 atom stereocenters. The van der Waals surface area contributed by atoms with Crippen LogP contribution in [0.15, 0.2) is 60.1 Å². The van der Waals surface area contributed by atoms with Crippen LogP contribution in [0.1, 0.15) is 18.5 Å². The molecule has 0 saturated carbocycles. The molecule has 0 saturated heterocycles. The molecule has 1 aliphatic rings. The quantitative estimate of drug-likeness (QED) is 0.742. The van der Waals surface area contributed by atoms with E-state index in [-0.39, 0.29) is 0 Å². The fraction of sp³-hybridized carbons (Fsp3) is 0.111. The van der Waals surface area contributed by atoms with Gasteiger partial charge in [-0.1, -0.05) is 23.7 Å². The molecule has 8 heteroatoms. The van der Waals surface area contributed by atoms with E-state index in [1.165, 1.54) is 0 Å². The Morgan fingerprint density at radius 2 is 1.96 bits per heavy atom. The highest BCUT2D eigenvalue weighted by atomic mass is 35.5. The molecule has 1 amide bonds. The SMILES string of the molecule is CC1=C(C(N)=O)[C@@H](c2ccncc2)n2nc(-c3ccccc3Cl)nc2N1. The number of benzene rings is 1. The Morgan fingerprint density at radius 1 is 1.23 bits per heavy atom. The van der Waals surface area contributed by atoms with Crippen molar-refractivity contribution in [3.63, 3.8) is 0 Å². The van der Waals surface area contributed by atoms with Crippen molar-refractivity contribution in [2.75, 3.05) is 5.32 Å². The predicted octanol–water partition coefficient (Wildman–Crippen LogP) is 2.77. The van der Waals surface area contributed by atoms with E-state index in [1.807, 2.05) is 30.3 Å². The van der Waals surface area contributed by atoms with Crippen LogP contribution in [0, 0.1) is 0 Å². The van der Waals surface area contributed by atoms with Crippen molar-refractivity contribution in [1.82, 2.24) is 19.7 Å². The van der Waals surface area contributed by atoms with Crippen LogP contribution in [0.25, 0.3) is 11.4 Å². The van der Waals surface area contributed by atoms with Gasteiger partial charge in [0.05, 0.1) is 10.6 Å². The molecule has 0 unspecified atom stereocenters. The minimum atomic E-state index is -0.516. The molecule has 1 aromatic carbocycles. The van der Waals surface area contributed by atoms with Crippen molar-refractivity contribution in [3.05, 3.63) is 70.6 Å². The standard InChI is InChI=1S/C18H15ClN6O/c1-10-14(16(20)26)15(11-6-8-21-9-7-11)25-18(22-10)23-17(24-25)12-4-2-3-5-13(12)19/h2-9,15H,1H3,(H2,20,26)(H,22,23,24)/t15-/m1/s1. The molecular formula is C18H15ClN6O. The number of carbonyl (C=O) groups is 1. The normalized spacial score (nSPS) is 16.2. The number of carbonyl (C=O) groups excluding carboxylic acids is 1. The number of nitrogens with zero attached hydrogens (tertiary/aromatic N) is 4.